The smallest absolute Gasteiger partial charge is 0.255 e. The lowest BCUT2D eigenvalue weighted by Crippen LogP contribution is -2.12. The third kappa shape index (κ3) is 4.93. The van der Waals surface area contributed by atoms with Gasteiger partial charge < -0.3 is 16.0 Å². The minimum absolute atomic E-state index is 0.136. The summed E-state index contributed by atoms with van der Waals surface area (Å²) in [5, 5.41) is 17.4. The number of nitriles is 1. The molecule has 0 saturated carbocycles. The van der Waals surface area contributed by atoms with Crippen molar-refractivity contribution in [3.63, 3.8) is 0 Å². The number of nitrogens with one attached hydrogen (secondary N) is 3. The zero-order chi connectivity index (χ0) is 19.9. The normalized spacial score (nSPS) is 9.86. The minimum Gasteiger partial charge on any atom is -0.340 e. The van der Waals surface area contributed by atoms with Gasteiger partial charge in [0.1, 0.15) is 5.82 Å². The summed E-state index contributed by atoms with van der Waals surface area (Å²) < 4.78 is 0. The van der Waals surface area contributed by atoms with Gasteiger partial charge in [-0.25, -0.2) is 4.98 Å². The highest BCUT2D eigenvalue weighted by Gasteiger charge is 2.08. The number of carbonyl (C=O) groups excluding carboxylic acids is 2. The maximum atomic E-state index is 12.4. The van der Waals surface area contributed by atoms with Crippen LogP contribution in [0.1, 0.15) is 22.8 Å². The van der Waals surface area contributed by atoms with Crippen molar-refractivity contribution in [2.24, 2.45) is 0 Å². The fourth-order valence-corrected chi connectivity index (χ4v) is 2.46. The number of rotatable bonds is 5. The van der Waals surface area contributed by atoms with Crippen LogP contribution in [0.2, 0.25) is 0 Å². The molecular weight excluding hydrogens is 354 g/mol. The molecule has 0 aliphatic rings. The molecule has 0 aliphatic heterocycles. The average molecular weight is 371 g/mol. The predicted molar refractivity (Wildman–Crippen MR) is 107 cm³/mol. The van der Waals surface area contributed by atoms with Crippen molar-refractivity contribution in [1.29, 1.82) is 5.26 Å². The quantitative estimate of drug-likeness (QED) is 0.630. The number of carbonyl (C=O) groups is 2. The Kier molecular flexibility index (Phi) is 5.63. The van der Waals surface area contributed by atoms with E-state index in [-0.39, 0.29) is 11.8 Å². The van der Waals surface area contributed by atoms with Crippen LogP contribution in [0.3, 0.4) is 0 Å². The van der Waals surface area contributed by atoms with Gasteiger partial charge in [0.25, 0.3) is 5.91 Å². The van der Waals surface area contributed by atoms with Gasteiger partial charge in [-0.15, -0.1) is 0 Å². The molecule has 2 aromatic carbocycles. The van der Waals surface area contributed by atoms with E-state index in [9.17, 15) is 9.59 Å². The Morgan fingerprint density at radius 3 is 2.14 bits per heavy atom. The molecule has 1 aromatic heterocycles. The zero-order valence-electron chi connectivity index (χ0n) is 15.1. The molecule has 0 atom stereocenters. The Morgan fingerprint density at radius 1 is 0.893 bits per heavy atom. The number of hydrogen-bond acceptors (Lipinski definition) is 5. The third-order valence-electron chi connectivity index (χ3n) is 3.77. The van der Waals surface area contributed by atoms with E-state index in [1.165, 1.54) is 6.92 Å². The van der Waals surface area contributed by atoms with Crippen molar-refractivity contribution >= 4 is 34.7 Å². The minimum atomic E-state index is -0.281. The molecule has 28 heavy (non-hydrogen) atoms. The van der Waals surface area contributed by atoms with Gasteiger partial charge in [-0.2, -0.15) is 5.26 Å². The molecule has 0 spiro atoms. The van der Waals surface area contributed by atoms with Crippen molar-refractivity contribution in [1.82, 2.24) is 4.98 Å². The highest BCUT2D eigenvalue weighted by molar-refractivity contribution is 6.04. The molecule has 0 fully saturated rings. The first-order valence-electron chi connectivity index (χ1n) is 8.46. The summed E-state index contributed by atoms with van der Waals surface area (Å²) in [6, 6.07) is 19.1. The first kappa shape index (κ1) is 18.6. The fourth-order valence-electron chi connectivity index (χ4n) is 2.46. The SMILES string of the molecule is CC(=O)Nc1ccc(Nc2cc(C(=O)Nc3ccc(C#N)cc3)ccn2)cc1. The van der Waals surface area contributed by atoms with Crippen LogP contribution in [0.4, 0.5) is 22.9 Å². The van der Waals surface area contributed by atoms with Crippen LogP contribution in [0.25, 0.3) is 0 Å². The molecule has 0 bridgehead atoms. The van der Waals surface area contributed by atoms with Gasteiger partial charge in [0.05, 0.1) is 11.6 Å². The molecule has 0 unspecified atom stereocenters. The summed E-state index contributed by atoms with van der Waals surface area (Å²) >= 11 is 0. The Balaban J connectivity index is 1.68. The topological polar surface area (TPSA) is 107 Å². The highest BCUT2D eigenvalue weighted by atomic mass is 16.2. The van der Waals surface area contributed by atoms with Crippen molar-refractivity contribution in [3.8, 4) is 6.07 Å². The van der Waals surface area contributed by atoms with Gasteiger partial charge in [-0.05, 0) is 60.7 Å². The van der Waals surface area contributed by atoms with Gasteiger partial charge in [-0.1, -0.05) is 0 Å². The van der Waals surface area contributed by atoms with Gasteiger partial charge in [0.2, 0.25) is 5.91 Å². The van der Waals surface area contributed by atoms with Crippen molar-refractivity contribution in [2.75, 3.05) is 16.0 Å². The van der Waals surface area contributed by atoms with E-state index in [1.807, 2.05) is 6.07 Å². The molecular formula is C21H17N5O2. The van der Waals surface area contributed by atoms with E-state index in [2.05, 4.69) is 20.9 Å². The lowest BCUT2D eigenvalue weighted by atomic mass is 10.2. The monoisotopic (exact) mass is 371 g/mol. The van der Waals surface area contributed by atoms with Gasteiger partial charge in [0, 0.05) is 35.7 Å². The molecule has 138 valence electrons. The van der Waals surface area contributed by atoms with Crippen molar-refractivity contribution in [3.05, 3.63) is 78.0 Å². The van der Waals surface area contributed by atoms with Crippen LogP contribution >= 0.6 is 0 Å². The number of hydrogen-bond donors (Lipinski definition) is 3. The summed E-state index contributed by atoms with van der Waals surface area (Å²) in [6.45, 7) is 1.45. The maximum absolute atomic E-state index is 12.4. The molecule has 0 saturated heterocycles. The number of aromatic nitrogens is 1. The molecule has 0 aliphatic carbocycles. The van der Waals surface area contributed by atoms with E-state index >= 15 is 0 Å². The maximum Gasteiger partial charge on any atom is 0.255 e. The Hall–Kier alpha value is -4.18. The fraction of sp³-hybridized carbons (Fsp3) is 0.0476. The molecule has 2 amide bonds. The second kappa shape index (κ2) is 8.47. The zero-order valence-corrected chi connectivity index (χ0v) is 15.1. The van der Waals surface area contributed by atoms with Gasteiger partial charge >= 0.3 is 0 Å². The van der Waals surface area contributed by atoms with E-state index in [0.717, 1.165) is 5.69 Å². The molecule has 3 rings (SSSR count). The molecule has 3 N–H and O–H groups in total. The van der Waals surface area contributed by atoms with Crippen molar-refractivity contribution < 1.29 is 9.59 Å². The molecule has 0 radical (unpaired) electrons. The lowest BCUT2D eigenvalue weighted by Gasteiger charge is -2.09. The number of pyridine rings is 1. The predicted octanol–water partition coefficient (Wildman–Crippen LogP) is 3.91. The first-order valence-corrected chi connectivity index (χ1v) is 8.46. The summed E-state index contributed by atoms with van der Waals surface area (Å²) in [5.41, 5.74) is 3.03. The Labute approximate surface area is 162 Å². The molecule has 1 heterocycles. The van der Waals surface area contributed by atoms with Crippen molar-refractivity contribution in [2.45, 2.75) is 6.92 Å². The van der Waals surface area contributed by atoms with E-state index < -0.39 is 0 Å². The summed E-state index contributed by atoms with van der Waals surface area (Å²) in [5.74, 6) is 0.0965. The van der Waals surface area contributed by atoms with Crippen LogP contribution in [-0.2, 0) is 4.79 Å². The second-order valence-electron chi connectivity index (χ2n) is 5.96. The lowest BCUT2D eigenvalue weighted by molar-refractivity contribution is -0.114. The molecule has 3 aromatic rings. The van der Waals surface area contributed by atoms with Crippen LogP contribution in [-0.4, -0.2) is 16.8 Å². The summed E-state index contributed by atoms with van der Waals surface area (Å²) in [4.78, 5) is 27.7. The Morgan fingerprint density at radius 2 is 1.50 bits per heavy atom. The van der Waals surface area contributed by atoms with Gasteiger partial charge in [0.15, 0.2) is 0 Å². The number of benzene rings is 2. The van der Waals surface area contributed by atoms with Gasteiger partial charge in [-0.3, -0.25) is 9.59 Å². The molecule has 7 heteroatoms. The Bertz CT molecular complexity index is 1040. The highest BCUT2D eigenvalue weighted by Crippen LogP contribution is 2.19. The largest absolute Gasteiger partial charge is 0.340 e. The number of amides is 2. The number of anilines is 4. The first-order chi connectivity index (χ1) is 13.5. The molecule has 7 nitrogen and oxygen atoms in total. The van der Waals surface area contributed by atoms with E-state index in [0.29, 0.717) is 28.3 Å². The third-order valence-corrected chi connectivity index (χ3v) is 3.77. The van der Waals surface area contributed by atoms with Crippen LogP contribution in [0.5, 0.6) is 0 Å². The van der Waals surface area contributed by atoms with Crippen LogP contribution in [0, 0.1) is 11.3 Å². The summed E-state index contributed by atoms with van der Waals surface area (Å²) in [6.07, 6.45) is 1.54. The van der Waals surface area contributed by atoms with Crippen LogP contribution in [0.15, 0.2) is 66.9 Å². The van der Waals surface area contributed by atoms with Crippen LogP contribution < -0.4 is 16.0 Å². The number of nitrogens with zero attached hydrogens (tertiary/aromatic N) is 2. The second-order valence-corrected chi connectivity index (χ2v) is 5.96. The van der Waals surface area contributed by atoms with E-state index in [1.54, 1.807) is 66.9 Å². The average Bonchev–Trinajstić information content (AvgIpc) is 2.70. The van der Waals surface area contributed by atoms with E-state index in [4.69, 9.17) is 5.26 Å². The standard InChI is InChI=1S/C21H17N5O2/c1-14(27)24-17-6-8-18(9-7-17)25-20-12-16(10-11-23-20)21(28)26-19-4-2-15(13-22)3-5-19/h2-12H,1H3,(H,23,25)(H,24,27)(H,26,28). The summed E-state index contributed by atoms with van der Waals surface area (Å²) in [7, 11) is 0.